The molecule has 1 unspecified atom stereocenters. The lowest BCUT2D eigenvalue weighted by molar-refractivity contribution is -0.158. The third-order valence-electron chi connectivity index (χ3n) is 5.66. The molecule has 0 saturated carbocycles. The van der Waals surface area contributed by atoms with Gasteiger partial charge in [-0.15, -0.1) is 0 Å². The minimum Gasteiger partial charge on any atom is -0.433 e. The molecule has 0 spiro atoms. The highest BCUT2D eigenvalue weighted by Gasteiger charge is 2.32. The Balaban J connectivity index is 0.000000572. The molecular formula is C27H36F2N4O3. The predicted octanol–water partition coefficient (Wildman–Crippen LogP) is 5.95. The molecule has 36 heavy (non-hydrogen) atoms. The van der Waals surface area contributed by atoms with Crippen molar-refractivity contribution in [1.29, 1.82) is 5.41 Å². The van der Waals surface area contributed by atoms with Crippen molar-refractivity contribution in [3.8, 4) is 5.75 Å². The van der Waals surface area contributed by atoms with E-state index in [2.05, 4.69) is 26.5 Å². The van der Waals surface area contributed by atoms with E-state index in [9.17, 15) is 18.7 Å². The molecule has 0 radical (unpaired) electrons. The van der Waals surface area contributed by atoms with E-state index < -0.39 is 6.11 Å². The number of carbonyl (C=O) groups excluding carboxylic acids is 1. The van der Waals surface area contributed by atoms with Gasteiger partial charge in [0.2, 0.25) is 0 Å². The van der Waals surface area contributed by atoms with Gasteiger partial charge in [0.1, 0.15) is 11.6 Å². The molecular weight excluding hydrogens is 466 g/mol. The van der Waals surface area contributed by atoms with Crippen LogP contribution in [0.4, 0.5) is 26.0 Å². The van der Waals surface area contributed by atoms with Gasteiger partial charge in [-0.25, -0.2) is 4.98 Å². The SMILES string of the molecule is C=CC(=O)CCC.CCC(=N)c1c(N2CC(C(C)O)C2)ccnc1Nc1ccc(OC(C)(F)F)cc1. The molecule has 1 aromatic heterocycles. The first-order valence-corrected chi connectivity index (χ1v) is 12.1. The molecule has 2 heterocycles. The zero-order valence-corrected chi connectivity index (χ0v) is 21.4. The van der Waals surface area contributed by atoms with Crippen LogP contribution in [0.3, 0.4) is 0 Å². The number of halogens is 2. The highest BCUT2D eigenvalue weighted by Crippen LogP contribution is 2.34. The second-order valence-corrected chi connectivity index (χ2v) is 8.77. The number of aliphatic hydroxyl groups excluding tert-OH is 1. The first-order valence-electron chi connectivity index (χ1n) is 12.1. The van der Waals surface area contributed by atoms with E-state index in [1.165, 1.54) is 18.2 Å². The van der Waals surface area contributed by atoms with Crippen LogP contribution in [0.15, 0.2) is 49.2 Å². The molecule has 2 aromatic rings. The highest BCUT2D eigenvalue weighted by atomic mass is 19.3. The van der Waals surface area contributed by atoms with Gasteiger partial charge in [0.05, 0.1) is 17.4 Å². The van der Waals surface area contributed by atoms with Crippen molar-refractivity contribution in [3.63, 3.8) is 0 Å². The summed E-state index contributed by atoms with van der Waals surface area (Å²) in [5.74, 6) is 0.954. The molecule has 0 aliphatic carbocycles. The van der Waals surface area contributed by atoms with Crippen molar-refractivity contribution < 1.29 is 23.4 Å². The second-order valence-electron chi connectivity index (χ2n) is 8.77. The molecule has 0 amide bonds. The van der Waals surface area contributed by atoms with Crippen LogP contribution in [-0.4, -0.2) is 46.9 Å². The van der Waals surface area contributed by atoms with Gasteiger partial charge < -0.3 is 25.5 Å². The van der Waals surface area contributed by atoms with Crippen LogP contribution in [0, 0.1) is 11.3 Å². The van der Waals surface area contributed by atoms with Crippen LogP contribution in [-0.2, 0) is 4.79 Å². The molecule has 1 aliphatic heterocycles. The minimum absolute atomic E-state index is 0.0658. The van der Waals surface area contributed by atoms with Crippen LogP contribution in [0.25, 0.3) is 0 Å². The van der Waals surface area contributed by atoms with Gasteiger partial charge in [-0.2, -0.15) is 8.78 Å². The number of ether oxygens (including phenoxy) is 1. The Labute approximate surface area is 211 Å². The summed E-state index contributed by atoms with van der Waals surface area (Å²) in [6, 6.07) is 8.04. The summed E-state index contributed by atoms with van der Waals surface area (Å²) < 4.78 is 30.5. The van der Waals surface area contributed by atoms with E-state index >= 15 is 0 Å². The van der Waals surface area contributed by atoms with Crippen molar-refractivity contribution >= 4 is 28.7 Å². The number of aromatic nitrogens is 1. The maximum Gasteiger partial charge on any atom is 0.394 e. The van der Waals surface area contributed by atoms with E-state index in [0.29, 0.717) is 42.5 Å². The van der Waals surface area contributed by atoms with Gasteiger partial charge in [0.25, 0.3) is 0 Å². The number of alkyl halides is 2. The smallest absolute Gasteiger partial charge is 0.394 e. The van der Waals surface area contributed by atoms with Crippen molar-refractivity contribution in [2.24, 2.45) is 5.92 Å². The topological polar surface area (TPSA) is 98.5 Å². The monoisotopic (exact) mass is 502 g/mol. The average molecular weight is 503 g/mol. The standard InChI is InChI=1S/C21H26F2N4O2.C6H10O/c1-4-17(24)19-18(27-11-14(12-27)13(2)28)9-10-25-20(19)26-15-5-7-16(8-6-15)29-21(3,22)23;1-3-5-6(7)4-2/h5-10,13-14,24,28H,4,11-12H2,1-3H3,(H,25,26);4H,2-3,5H2,1H3. The van der Waals surface area contributed by atoms with Crippen LogP contribution < -0.4 is 15.0 Å². The van der Waals surface area contributed by atoms with Crippen LogP contribution in [0.2, 0.25) is 0 Å². The van der Waals surface area contributed by atoms with Gasteiger partial charge in [-0.3, -0.25) is 4.79 Å². The van der Waals surface area contributed by atoms with E-state index in [-0.39, 0.29) is 23.6 Å². The van der Waals surface area contributed by atoms with Gasteiger partial charge >= 0.3 is 6.11 Å². The lowest BCUT2D eigenvalue weighted by Crippen LogP contribution is -2.51. The van der Waals surface area contributed by atoms with Crippen molar-refractivity contribution in [2.75, 3.05) is 23.3 Å². The molecule has 7 nitrogen and oxygen atoms in total. The Bertz CT molecular complexity index is 1030. The van der Waals surface area contributed by atoms with Gasteiger partial charge in [-0.1, -0.05) is 20.4 Å². The fourth-order valence-corrected chi connectivity index (χ4v) is 3.60. The summed E-state index contributed by atoms with van der Waals surface area (Å²) in [5, 5.41) is 21.4. The minimum atomic E-state index is -3.24. The molecule has 196 valence electrons. The Morgan fingerprint density at radius 2 is 1.97 bits per heavy atom. The molecule has 1 saturated heterocycles. The summed E-state index contributed by atoms with van der Waals surface area (Å²) in [6.07, 6.45) is 1.54. The number of ketones is 1. The fraction of sp³-hybridized carbons (Fsp3) is 0.444. The normalized spacial score (nSPS) is 14.1. The summed E-state index contributed by atoms with van der Waals surface area (Å²) >= 11 is 0. The van der Waals surface area contributed by atoms with Crippen LogP contribution in [0.5, 0.6) is 5.75 Å². The average Bonchev–Trinajstić information content (AvgIpc) is 2.78. The lowest BCUT2D eigenvalue weighted by Gasteiger charge is -2.43. The third-order valence-corrected chi connectivity index (χ3v) is 5.66. The van der Waals surface area contributed by atoms with Gasteiger partial charge in [0.15, 0.2) is 5.78 Å². The largest absolute Gasteiger partial charge is 0.433 e. The first-order chi connectivity index (χ1) is 17.0. The van der Waals surface area contributed by atoms with Crippen molar-refractivity contribution in [1.82, 2.24) is 4.98 Å². The number of benzene rings is 1. The number of pyridine rings is 1. The molecule has 3 rings (SSSR count). The van der Waals surface area contributed by atoms with E-state index in [1.807, 2.05) is 19.9 Å². The van der Waals surface area contributed by atoms with Crippen LogP contribution >= 0.6 is 0 Å². The second kappa shape index (κ2) is 13.1. The van der Waals surface area contributed by atoms with E-state index in [1.54, 1.807) is 25.3 Å². The Kier molecular flexibility index (Phi) is 10.5. The summed E-state index contributed by atoms with van der Waals surface area (Å²) in [4.78, 5) is 16.8. The van der Waals surface area contributed by atoms with Crippen LogP contribution in [0.1, 0.15) is 52.5 Å². The number of nitrogens with zero attached hydrogens (tertiary/aromatic N) is 2. The number of anilines is 3. The Morgan fingerprint density at radius 1 is 1.33 bits per heavy atom. The molecule has 0 bridgehead atoms. The highest BCUT2D eigenvalue weighted by molar-refractivity contribution is 6.07. The number of nitrogens with one attached hydrogen (secondary N) is 2. The van der Waals surface area contributed by atoms with Gasteiger partial charge in [0, 0.05) is 49.9 Å². The molecule has 1 fully saturated rings. The summed E-state index contributed by atoms with van der Waals surface area (Å²) in [5.41, 5.74) is 2.70. The number of allylic oxidation sites excluding steroid dienone is 1. The molecule has 3 N–H and O–H groups in total. The number of hydrogen-bond donors (Lipinski definition) is 3. The third kappa shape index (κ3) is 8.41. The first kappa shape index (κ1) is 28.9. The molecule has 1 aliphatic rings. The summed E-state index contributed by atoms with van der Waals surface area (Å²) in [6.45, 7) is 11.1. The fourth-order valence-electron chi connectivity index (χ4n) is 3.60. The molecule has 9 heteroatoms. The van der Waals surface area contributed by atoms with Crippen molar-refractivity contribution in [2.45, 2.75) is 59.2 Å². The zero-order valence-electron chi connectivity index (χ0n) is 21.4. The maximum atomic E-state index is 13.0. The zero-order chi connectivity index (χ0) is 26.9. The van der Waals surface area contributed by atoms with E-state index in [0.717, 1.165) is 25.2 Å². The number of carbonyl (C=O) groups is 1. The predicted molar refractivity (Wildman–Crippen MR) is 140 cm³/mol. The Morgan fingerprint density at radius 3 is 2.44 bits per heavy atom. The number of aliphatic hydroxyl groups is 1. The number of rotatable bonds is 11. The Hall–Kier alpha value is -3.33. The quantitative estimate of drug-likeness (QED) is 0.259. The van der Waals surface area contributed by atoms with E-state index in [4.69, 9.17) is 5.41 Å². The maximum absolute atomic E-state index is 13.0. The van der Waals surface area contributed by atoms with Gasteiger partial charge in [-0.05, 0) is 56.2 Å². The summed E-state index contributed by atoms with van der Waals surface area (Å²) in [7, 11) is 0. The van der Waals surface area contributed by atoms with Crippen molar-refractivity contribution in [3.05, 3.63) is 54.7 Å². The lowest BCUT2D eigenvalue weighted by atomic mass is 9.92. The molecule has 1 aromatic carbocycles. The number of hydrogen-bond acceptors (Lipinski definition) is 7. The molecule has 1 atom stereocenters.